The number of carbonyl (C=O) groups excluding carboxylic acids is 1. The van der Waals surface area contributed by atoms with Crippen LogP contribution in [0.5, 0.6) is 0 Å². The maximum absolute atomic E-state index is 14.2. The van der Waals surface area contributed by atoms with Gasteiger partial charge in [0.25, 0.3) is 0 Å². The molecule has 0 atom stereocenters. The van der Waals surface area contributed by atoms with Gasteiger partial charge in [-0.1, -0.05) is 102 Å². The zero-order valence-electron chi connectivity index (χ0n) is 20.3. The lowest BCUT2D eigenvalue weighted by Crippen LogP contribution is -2.32. The third-order valence-corrected chi connectivity index (χ3v) is 8.35. The molecule has 2 amide bonds. The van der Waals surface area contributed by atoms with Crippen LogP contribution in [0.2, 0.25) is 10.0 Å². The van der Waals surface area contributed by atoms with Gasteiger partial charge in [0.05, 0.1) is 27.1 Å². The summed E-state index contributed by atoms with van der Waals surface area (Å²) in [7, 11) is 0. The number of benzene rings is 5. The number of anilines is 3. The number of urea groups is 1. The minimum Gasteiger partial charge on any atom is -0.306 e. The van der Waals surface area contributed by atoms with E-state index in [-0.39, 0.29) is 6.03 Å². The van der Waals surface area contributed by atoms with Crippen LogP contribution < -0.4 is 10.2 Å². The Balaban J connectivity index is 1.40. The first-order chi connectivity index (χ1) is 18.6. The average molecular weight is 533 g/mol. The number of nitrogens with one attached hydrogen (secondary N) is 1. The third-order valence-electron chi connectivity index (χ3n) is 7.53. The van der Waals surface area contributed by atoms with E-state index >= 15 is 0 Å². The summed E-state index contributed by atoms with van der Waals surface area (Å²) in [4.78, 5) is 16.0. The van der Waals surface area contributed by atoms with Crippen molar-refractivity contribution in [3.05, 3.63) is 135 Å². The Morgan fingerprint density at radius 1 is 0.605 bits per heavy atom. The first-order valence-electron chi connectivity index (χ1n) is 12.6. The van der Waals surface area contributed by atoms with Crippen LogP contribution in [0.4, 0.5) is 21.9 Å². The van der Waals surface area contributed by atoms with Gasteiger partial charge in [-0.05, 0) is 68.8 Å². The smallest absolute Gasteiger partial charge is 0.306 e. The van der Waals surface area contributed by atoms with Crippen LogP contribution in [0.15, 0.2) is 103 Å². The van der Waals surface area contributed by atoms with Gasteiger partial charge < -0.3 is 5.32 Å². The monoisotopic (exact) mass is 532 g/mol. The molecule has 0 spiro atoms. The van der Waals surface area contributed by atoms with Gasteiger partial charge in [-0.25, -0.2) is 4.79 Å². The highest BCUT2D eigenvalue weighted by Gasteiger charge is 2.31. The molecule has 0 saturated carbocycles. The summed E-state index contributed by atoms with van der Waals surface area (Å²) in [6, 6.07) is 34.2. The zero-order chi connectivity index (χ0) is 25.8. The van der Waals surface area contributed by atoms with Crippen molar-refractivity contribution in [3.8, 4) is 22.3 Å². The van der Waals surface area contributed by atoms with Gasteiger partial charge in [-0.2, -0.15) is 0 Å². The number of rotatable bonds is 3. The van der Waals surface area contributed by atoms with Gasteiger partial charge in [0.15, 0.2) is 0 Å². The summed E-state index contributed by atoms with van der Waals surface area (Å²) < 4.78 is 0. The Morgan fingerprint density at radius 2 is 1.11 bits per heavy atom. The van der Waals surface area contributed by atoms with E-state index in [1.807, 2.05) is 29.2 Å². The first kappa shape index (κ1) is 23.1. The minimum absolute atomic E-state index is 0.289. The minimum atomic E-state index is -0.289. The normalized spacial score (nSPS) is 12.4. The van der Waals surface area contributed by atoms with E-state index in [4.69, 9.17) is 23.2 Å². The van der Waals surface area contributed by atoms with Gasteiger partial charge in [0.2, 0.25) is 0 Å². The highest BCUT2D eigenvalue weighted by molar-refractivity contribution is 6.44. The number of nitrogens with zero attached hydrogens (tertiary/aromatic N) is 1. The number of fused-ring (bicyclic) bond motifs is 6. The second-order valence-corrected chi connectivity index (χ2v) is 10.4. The van der Waals surface area contributed by atoms with E-state index in [0.29, 0.717) is 15.7 Å². The van der Waals surface area contributed by atoms with E-state index in [0.717, 1.165) is 46.5 Å². The van der Waals surface area contributed by atoms with Gasteiger partial charge in [-0.15, -0.1) is 0 Å². The molecule has 2 aliphatic rings. The lowest BCUT2D eigenvalue weighted by Gasteiger charge is -2.28. The zero-order valence-corrected chi connectivity index (χ0v) is 21.9. The summed E-state index contributed by atoms with van der Waals surface area (Å²) in [6.45, 7) is 0. The number of carbonyl (C=O) groups is 1. The molecule has 5 aromatic carbocycles. The molecule has 38 heavy (non-hydrogen) atoms. The van der Waals surface area contributed by atoms with Crippen molar-refractivity contribution in [3.63, 3.8) is 0 Å². The fraction of sp³-hybridized carbons (Fsp3) is 0.0606. The quantitative estimate of drug-likeness (QED) is 0.241. The van der Waals surface area contributed by atoms with Crippen LogP contribution in [0.1, 0.15) is 22.3 Å². The number of hydrogen-bond acceptors (Lipinski definition) is 1. The topological polar surface area (TPSA) is 32.3 Å². The fourth-order valence-electron chi connectivity index (χ4n) is 5.82. The van der Waals surface area contributed by atoms with Crippen LogP contribution >= 0.6 is 23.2 Å². The molecular weight excluding hydrogens is 511 g/mol. The highest BCUT2D eigenvalue weighted by atomic mass is 35.5. The van der Waals surface area contributed by atoms with Crippen molar-refractivity contribution >= 4 is 46.3 Å². The van der Waals surface area contributed by atoms with Crippen LogP contribution in [-0.2, 0) is 12.8 Å². The lowest BCUT2D eigenvalue weighted by molar-refractivity contribution is 0.259. The summed E-state index contributed by atoms with van der Waals surface area (Å²) in [5, 5.41) is 3.75. The van der Waals surface area contributed by atoms with Crippen molar-refractivity contribution in [2.75, 3.05) is 10.2 Å². The molecule has 0 unspecified atom stereocenters. The molecule has 7 rings (SSSR count). The van der Waals surface area contributed by atoms with E-state index in [1.54, 1.807) is 18.2 Å². The van der Waals surface area contributed by atoms with E-state index in [2.05, 4.69) is 66.0 Å². The van der Waals surface area contributed by atoms with Crippen molar-refractivity contribution in [2.24, 2.45) is 0 Å². The second-order valence-electron chi connectivity index (χ2n) is 9.64. The van der Waals surface area contributed by atoms with Crippen LogP contribution in [0.3, 0.4) is 0 Å². The van der Waals surface area contributed by atoms with Crippen LogP contribution in [0.25, 0.3) is 22.3 Å². The van der Waals surface area contributed by atoms with E-state index < -0.39 is 0 Å². The number of amides is 2. The molecule has 1 N–H and O–H groups in total. The fourth-order valence-corrected chi connectivity index (χ4v) is 6.17. The van der Waals surface area contributed by atoms with Crippen molar-refractivity contribution in [1.82, 2.24) is 0 Å². The summed E-state index contributed by atoms with van der Waals surface area (Å²) >= 11 is 12.7. The van der Waals surface area contributed by atoms with Crippen molar-refractivity contribution in [1.29, 1.82) is 0 Å². The Kier molecular flexibility index (Phi) is 5.50. The molecule has 0 saturated heterocycles. The van der Waals surface area contributed by atoms with Crippen LogP contribution in [0, 0.1) is 0 Å². The molecule has 3 nitrogen and oxygen atoms in total. The molecule has 184 valence electrons. The summed E-state index contributed by atoms with van der Waals surface area (Å²) in [5.74, 6) is 0. The predicted molar refractivity (Wildman–Crippen MR) is 157 cm³/mol. The molecule has 0 aliphatic heterocycles. The molecule has 2 aliphatic carbocycles. The SMILES string of the molecule is O=C(Nc1cccc(Cl)c1Cl)N(c1cccc2c1Cc1ccccc1-2)c1cccc2c1Cc1ccccc1-2. The largest absolute Gasteiger partial charge is 0.331 e. The third kappa shape index (κ3) is 3.62. The molecule has 0 radical (unpaired) electrons. The molecular formula is C33H22Cl2N2O. The number of hydrogen-bond donors (Lipinski definition) is 1. The van der Waals surface area contributed by atoms with Gasteiger partial charge in [0, 0.05) is 12.8 Å². The maximum atomic E-state index is 14.2. The Bertz CT molecular complexity index is 1660. The van der Waals surface area contributed by atoms with E-state index in [9.17, 15) is 4.79 Å². The van der Waals surface area contributed by atoms with Gasteiger partial charge in [-0.3, -0.25) is 4.90 Å². The van der Waals surface area contributed by atoms with E-state index in [1.165, 1.54) is 22.3 Å². The van der Waals surface area contributed by atoms with Gasteiger partial charge in [0.1, 0.15) is 0 Å². The average Bonchev–Trinajstić information content (AvgIpc) is 3.51. The Hall–Kier alpha value is -4.05. The van der Waals surface area contributed by atoms with Gasteiger partial charge >= 0.3 is 6.03 Å². The van der Waals surface area contributed by atoms with Crippen LogP contribution in [-0.4, -0.2) is 6.03 Å². The van der Waals surface area contributed by atoms with Crippen molar-refractivity contribution in [2.45, 2.75) is 12.8 Å². The number of halogens is 2. The predicted octanol–water partition coefficient (Wildman–Crippen LogP) is 9.51. The molecule has 0 fully saturated rings. The molecule has 0 heterocycles. The molecule has 5 aromatic rings. The maximum Gasteiger partial charge on any atom is 0.331 e. The Morgan fingerprint density at radius 3 is 1.68 bits per heavy atom. The highest BCUT2D eigenvalue weighted by Crippen LogP contribution is 2.47. The second kappa shape index (κ2) is 9.05. The first-order valence-corrected chi connectivity index (χ1v) is 13.3. The molecule has 5 heteroatoms. The lowest BCUT2D eigenvalue weighted by atomic mass is 10.0. The summed E-state index contributed by atoms with van der Waals surface area (Å²) in [6.07, 6.45) is 1.53. The molecule has 0 aromatic heterocycles. The summed E-state index contributed by atoms with van der Waals surface area (Å²) in [5.41, 5.74) is 11.7. The molecule has 0 bridgehead atoms. The standard InChI is InChI=1S/C33H22Cl2N2O/c34-28-14-7-15-29(32(28)35)36-33(38)37(30-16-5-12-24-22-10-3-1-8-20(22)18-26(24)30)31-17-6-13-25-23-11-4-2-9-21(23)19-27(25)31/h1-17H,18-19H2,(H,36,38). The Labute approximate surface area is 231 Å². The van der Waals surface area contributed by atoms with Crippen molar-refractivity contribution < 1.29 is 4.79 Å².